The lowest BCUT2D eigenvalue weighted by Crippen LogP contribution is -2.47. The van der Waals surface area contributed by atoms with E-state index in [1.54, 1.807) is 7.11 Å². The van der Waals surface area contributed by atoms with E-state index >= 15 is 0 Å². The zero-order valence-corrected chi connectivity index (χ0v) is 12.9. The number of ketones is 1. The molecule has 0 amide bonds. The quantitative estimate of drug-likeness (QED) is 0.790. The highest BCUT2D eigenvalue weighted by Crippen LogP contribution is 2.27. The van der Waals surface area contributed by atoms with Crippen LogP contribution >= 0.6 is 0 Å². The number of methoxy groups -OCH3 is 1. The third kappa shape index (κ3) is 3.21. The number of piperidine rings is 1. The van der Waals surface area contributed by atoms with Gasteiger partial charge in [0.15, 0.2) is 5.78 Å². The maximum atomic E-state index is 12.5. The van der Waals surface area contributed by atoms with Gasteiger partial charge in [-0.1, -0.05) is 26.0 Å². The molecule has 0 bridgehead atoms. The maximum Gasteiger partial charge on any atom is 0.180 e. The van der Waals surface area contributed by atoms with Crippen molar-refractivity contribution in [2.24, 2.45) is 11.8 Å². The molecule has 1 saturated heterocycles. The van der Waals surface area contributed by atoms with E-state index in [-0.39, 0.29) is 5.78 Å². The number of ether oxygens (including phenoxy) is 1. The molecule has 1 aromatic carbocycles. The summed E-state index contributed by atoms with van der Waals surface area (Å²) in [7, 11) is 1.61. The second-order valence-electron chi connectivity index (χ2n) is 6.11. The lowest BCUT2D eigenvalue weighted by molar-refractivity contribution is 0.0648. The molecule has 0 N–H and O–H groups in total. The molecular weight excluding hydrogens is 250 g/mol. The number of benzene rings is 1. The Morgan fingerprint density at radius 3 is 2.70 bits per heavy atom. The summed E-state index contributed by atoms with van der Waals surface area (Å²) >= 11 is 0. The van der Waals surface area contributed by atoms with Crippen LogP contribution in [0.15, 0.2) is 24.3 Å². The van der Waals surface area contributed by atoms with Crippen molar-refractivity contribution >= 4 is 5.78 Å². The van der Waals surface area contributed by atoms with Gasteiger partial charge in [-0.05, 0) is 37.3 Å². The molecule has 3 unspecified atom stereocenters. The normalized spacial score (nSPS) is 27.3. The lowest BCUT2D eigenvalue weighted by atomic mass is 9.86. The van der Waals surface area contributed by atoms with Gasteiger partial charge in [0.1, 0.15) is 5.75 Å². The number of rotatable bonds is 4. The standard InChI is InChI=1S/C17H25NO2/c1-12-9-13(2)14(3)18(10-12)11-16(19)15-7-5-6-8-17(15)20-4/h5-8,12-14H,9-11H2,1-4H3. The van der Waals surface area contributed by atoms with Gasteiger partial charge >= 0.3 is 0 Å². The van der Waals surface area contributed by atoms with Gasteiger partial charge in [0.25, 0.3) is 0 Å². The fraction of sp³-hybridized carbons (Fsp3) is 0.588. The van der Waals surface area contributed by atoms with Gasteiger partial charge in [-0.3, -0.25) is 9.69 Å². The number of Topliss-reactive ketones (excluding diaryl/α,β-unsaturated/α-hetero) is 1. The summed E-state index contributed by atoms with van der Waals surface area (Å²) in [5, 5.41) is 0. The van der Waals surface area contributed by atoms with Crippen LogP contribution in [0.4, 0.5) is 0 Å². The summed E-state index contributed by atoms with van der Waals surface area (Å²) < 4.78 is 5.29. The highest BCUT2D eigenvalue weighted by molar-refractivity contribution is 6.00. The summed E-state index contributed by atoms with van der Waals surface area (Å²) in [6.45, 7) is 8.26. The molecule has 2 rings (SSSR count). The van der Waals surface area contributed by atoms with Gasteiger partial charge in [-0.2, -0.15) is 0 Å². The Morgan fingerprint density at radius 2 is 2.00 bits per heavy atom. The Kier molecular flexibility index (Phi) is 4.81. The summed E-state index contributed by atoms with van der Waals surface area (Å²) in [6, 6.07) is 7.94. The Bertz CT molecular complexity index is 472. The van der Waals surface area contributed by atoms with Gasteiger partial charge in [0.05, 0.1) is 19.2 Å². The zero-order valence-electron chi connectivity index (χ0n) is 12.9. The molecule has 1 fully saturated rings. The van der Waals surface area contributed by atoms with Crippen LogP contribution in [0.5, 0.6) is 5.75 Å². The number of carbonyl (C=O) groups is 1. The Hall–Kier alpha value is -1.35. The molecule has 3 heteroatoms. The van der Waals surface area contributed by atoms with Crippen LogP contribution in [0.1, 0.15) is 37.6 Å². The summed E-state index contributed by atoms with van der Waals surface area (Å²) in [5.74, 6) is 2.12. The number of hydrogen-bond donors (Lipinski definition) is 0. The smallest absolute Gasteiger partial charge is 0.180 e. The SMILES string of the molecule is COc1ccccc1C(=O)CN1CC(C)CC(C)C1C. The highest BCUT2D eigenvalue weighted by atomic mass is 16.5. The minimum absolute atomic E-state index is 0.149. The van der Waals surface area contributed by atoms with Gasteiger partial charge in [-0.25, -0.2) is 0 Å². The maximum absolute atomic E-state index is 12.5. The number of para-hydroxylation sites is 1. The lowest BCUT2D eigenvalue weighted by Gasteiger charge is -2.40. The first-order chi connectivity index (χ1) is 9.52. The fourth-order valence-corrected chi connectivity index (χ4v) is 3.19. The first-order valence-corrected chi connectivity index (χ1v) is 7.43. The Morgan fingerprint density at radius 1 is 1.30 bits per heavy atom. The second kappa shape index (κ2) is 6.40. The highest BCUT2D eigenvalue weighted by Gasteiger charge is 2.30. The van der Waals surface area contributed by atoms with Crippen molar-refractivity contribution in [3.8, 4) is 5.75 Å². The van der Waals surface area contributed by atoms with Gasteiger partial charge in [0.2, 0.25) is 0 Å². The molecule has 1 aliphatic rings. The van der Waals surface area contributed by atoms with Crippen LogP contribution in [0, 0.1) is 11.8 Å². The fourth-order valence-electron chi connectivity index (χ4n) is 3.19. The number of nitrogens with zero attached hydrogens (tertiary/aromatic N) is 1. The summed E-state index contributed by atoms with van der Waals surface area (Å²) in [4.78, 5) is 14.8. The van der Waals surface area contributed by atoms with E-state index in [1.807, 2.05) is 24.3 Å². The summed E-state index contributed by atoms with van der Waals surface area (Å²) in [5.41, 5.74) is 0.688. The van der Waals surface area contributed by atoms with Crippen LogP contribution in [0.3, 0.4) is 0 Å². The Labute approximate surface area is 121 Å². The van der Waals surface area contributed by atoms with Crippen molar-refractivity contribution in [1.29, 1.82) is 0 Å². The average Bonchev–Trinajstić information content (AvgIpc) is 2.44. The second-order valence-corrected chi connectivity index (χ2v) is 6.11. The van der Waals surface area contributed by atoms with E-state index in [0.717, 1.165) is 6.54 Å². The molecule has 0 radical (unpaired) electrons. The molecule has 20 heavy (non-hydrogen) atoms. The summed E-state index contributed by atoms with van der Waals surface area (Å²) in [6.07, 6.45) is 1.25. The van der Waals surface area contributed by atoms with Gasteiger partial charge < -0.3 is 4.74 Å². The van der Waals surface area contributed by atoms with E-state index in [1.165, 1.54) is 6.42 Å². The van der Waals surface area contributed by atoms with E-state index in [2.05, 4.69) is 25.7 Å². The molecule has 1 heterocycles. The van der Waals surface area contributed by atoms with E-state index in [4.69, 9.17) is 4.74 Å². The van der Waals surface area contributed by atoms with Crippen molar-refractivity contribution in [3.63, 3.8) is 0 Å². The van der Waals surface area contributed by atoms with Gasteiger partial charge in [-0.15, -0.1) is 0 Å². The van der Waals surface area contributed by atoms with Crippen LogP contribution in [-0.4, -0.2) is 36.9 Å². The molecule has 0 spiro atoms. The minimum Gasteiger partial charge on any atom is -0.496 e. The predicted octanol–water partition coefficient (Wildman–Crippen LogP) is 3.24. The van der Waals surface area contributed by atoms with E-state index < -0.39 is 0 Å². The molecule has 1 aromatic rings. The minimum atomic E-state index is 0.149. The van der Waals surface area contributed by atoms with Crippen LogP contribution in [0.2, 0.25) is 0 Å². The van der Waals surface area contributed by atoms with E-state index in [9.17, 15) is 4.79 Å². The monoisotopic (exact) mass is 275 g/mol. The third-order valence-electron chi connectivity index (χ3n) is 4.47. The molecule has 0 saturated carbocycles. The average molecular weight is 275 g/mol. The third-order valence-corrected chi connectivity index (χ3v) is 4.47. The number of carbonyl (C=O) groups excluding carboxylic acids is 1. The van der Waals surface area contributed by atoms with Gasteiger partial charge in [0, 0.05) is 12.6 Å². The van der Waals surface area contributed by atoms with Crippen molar-refractivity contribution < 1.29 is 9.53 Å². The molecule has 110 valence electrons. The largest absolute Gasteiger partial charge is 0.496 e. The first-order valence-electron chi connectivity index (χ1n) is 7.43. The predicted molar refractivity (Wildman–Crippen MR) is 81.3 cm³/mol. The van der Waals surface area contributed by atoms with Crippen molar-refractivity contribution in [3.05, 3.63) is 29.8 Å². The first kappa shape index (κ1) is 15.0. The molecule has 0 aliphatic carbocycles. The Balaban J connectivity index is 2.10. The van der Waals surface area contributed by atoms with Crippen LogP contribution < -0.4 is 4.74 Å². The van der Waals surface area contributed by atoms with Crippen molar-refractivity contribution in [2.75, 3.05) is 20.2 Å². The topological polar surface area (TPSA) is 29.5 Å². The molecular formula is C17H25NO2. The molecule has 3 atom stereocenters. The number of likely N-dealkylation sites (tertiary alicyclic amines) is 1. The molecule has 3 nitrogen and oxygen atoms in total. The molecule has 0 aromatic heterocycles. The molecule has 1 aliphatic heterocycles. The van der Waals surface area contributed by atoms with Crippen molar-refractivity contribution in [2.45, 2.75) is 33.2 Å². The van der Waals surface area contributed by atoms with E-state index in [0.29, 0.717) is 35.7 Å². The zero-order chi connectivity index (χ0) is 14.7. The van der Waals surface area contributed by atoms with Crippen molar-refractivity contribution in [1.82, 2.24) is 4.90 Å². The number of hydrogen-bond acceptors (Lipinski definition) is 3. The van der Waals surface area contributed by atoms with Crippen LogP contribution in [0.25, 0.3) is 0 Å². The van der Waals surface area contributed by atoms with Crippen LogP contribution in [-0.2, 0) is 0 Å².